The van der Waals surface area contributed by atoms with Crippen LogP contribution in [0.1, 0.15) is 21.6 Å². The number of rotatable bonds is 5. The fraction of sp³-hybridized carbons (Fsp3) is 0.158. The van der Waals surface area contributed by atoms with Crippen molar-refractivity contribution in [2.75, 3.05) is 7.05 Å². The van der Waals surface area contributed by atoms with Crippen molar-refractivity contribution in [3.05, 3.63) is 65.4 Å². The predicted octanol–water partition coefficient (Wildman–Crippen LogP) is 1.88. The zero-order valence-electron chi connectivity index (χ0n) is 14.5. The van der Waals surface area contributed by atoms with Crippen molar-refractivity contribution in [3.63, 3.8) is 0 Å². The van der Waals surface area contributed by atoms with E-state index in [-0.39, 0.29) is 5.96 Å². The van der Waals surface area contributed by atoms with Crippen LogP contribution >= 0.6 is 0 Å². The molecule has 2 aromatic carbocycles. The van der Waals surface area contributed by atoms with Gasteiger partial charge in [-0.05, 0) is 23.3 Å². The molecule has 7 nitrogen and oxygen atoms in total. The van der Waals surface area contributed by atoms with E-state index in [0.29, 0.717) is 24.6 Å². The Kier molecular flexibility index (Phi) is 5.19. The van der Waals surface area contributed by atoms with Gasteiger partial charge in [0.05, 0.1) is 5.52 Å². The number of nitrogens with one attached hydrogen (secondary N) is 2. The SMILES string of the molecule is CNC(N)=NC(=O)c1cc2cccc(OCc3ccccc3CN)c2[nH]1. The van der Waals surface area contributed by atoms with Crippen molar-refractivity contribution in [2.45, 2.75) is 13.2 Å². The quantitative estimate of drug-likeness (QED) is 0.413. The van der Waals surface area contributed by atoms with E-state index in [1.807, 2.05) is 42.5 Å². The molecule has 0 saturated heterocycles. The van der Waals surface area contributed by atoms with Crippen molar-refractivity contribution in [3.8, 4) is 5.75 Å². The van der Waals surface area contributed by atoms with Crippen LogP contribution in [-0.2, 0) is 13.2 Å². The lowest BCUT2D eigenvalue weighted by atomic mass is 10.1. The lowest BCUT2D eigenvalue weighted by Crippen LogP contribution is -2.28. The summed E-state index contributed by atoms with van der Waals surface area (Å²) in [7, 11) is 1.60. The second kappa shape index (κ2) is 7.71. The number of aliphatic imine (C=N–C) groups is 1. The summed E-state index contributed by atoms with van der Waals surface area (Å²) in [5, 5.41) is 3.48. The third-order valence-corrected chi connectivity index (χ3v) is 4.05. The molecular formula is C19H21N5O2. The molecule has 3 rings (SSSR count). The molecule has 0 spiro atoms. The van der Waals surface area contributed by atoms with Crippen molar-refractivity contribution in [2.24, 2.45) is 16.5 Å². The summed E-state index contributed by atoms with van der Waals surface area (Å²) in [6.45, 7) is 0.843. The van der Waals surface area contributed by atoms with Gasteiger partial charge in [-0.2, -0.15) is 4.99 Å². The van der Waals surface area contributed by atoms with E-state index in [1.165, 1.54) is 0 Å². The molecule has 0 saturated carbocycles. The van der Waals surface area contributed by atoms with Gasteiger partial charge >= 0.3 is 0 Å². The molecule has 1 amide bonds. The molecule has 0 atom stereocenters. The monoisotopic (exact) mass is 351 g/mol. The number of aromatic nitrogens is 1. The maximum absolute atomic E-state index is 12.2. The van der Waals surface area contributed by atoms with Gasteiger partial charge in [-0.1, -0.05) is 36.4 Å². The first-order valence-electron chi connectivity index (χ1n) is 8.20. The highest BCUT2D eigenvalue weighted by molar-refractivity contribution is 6.04. The number of ether oxygens (including phenoxy) is 1. The van der Waals surface area contributed by atoms with Crippen molar-refractivity contribution in [1.82, 2.24) is 10.3 Å². The second-order valence-corrected chi connectivity index (χ2v) is 5.72. The minimum atomic E-state index is -0.451. The van der Waals surface area contributed by atoms with Gasteiger partial charge in [0.15, 0.2) is 5.96 Å². The van der Waals surface area contributed by atoms with Crippen molar-refractivity contribution >= 4 is 22.8 Å². The number of aromatic amines is 1. The maximum Gasteiger partial charge on any atom is 0.296 e. The Morgan fingerprint density at radius 2 is 1.96 bits per heavy atom. The van der Waals surface area contributed by atoms with Crippen LogP contribution in [-0.4, -0.2) is 23.9 Å². The molecule has 3 aromatic rings. The molecule has 1 heterocycles. The third kappa shape index (κ3) is 3.68. The molecule has 134 valence electrons. The maximum atomic E-state index is 12.2. The molecule has 0 fully saturated rings. The van der Waals surface area contributed by atoms with Crippen molar-refractivity contribution < 1.29 is 9.53 Å². The standard InChI is InChI=1S/C19H21N5O2/c1-22-19(21)24-18(25)15-9-12-7-4-8-16(17(12)23-15)26-11-14-6-3-2-5-13(14)10-20/h2-9,23H,10-11,20H2,1H3,(H3,21,22,24,25). The molecule has 0 unspecified atom stereocenters. The highest BCUT2D eigenvalue weighted by Crippen LogP contribution is 2.27. The number of guanidine groups is 1. The van der Waals surface area contributed by atoms with Crippen LogP contribution in [0.15, 0.2) is 53.5 Å². The van der Waals surface area contributed by atoms with Crippen LogP contribution in [0.3, 0.4) is 0 Å². The molecule has 7 heteroatoms. The number of H-pyrrole nitrogens is 1. The van der Waals surface area contributed by atoms with Gasteiger partial charge in [0.1, 0.15) is 18.1 Å². The molecule has 0 radical (unpaired) electrons. The van der Waals surface area contributed by atoms with Crippen LogP contribution in [0.5, 0.6) is 5.75 Å². The smallest absolute Gasteiger partial charge is 0.296 e. The molecular weight excluding hydrogens is 330 g/mol. The van der Waals surface area contributed by atoms with E-state index < -0.39 is 5.91 Å². The highest BCUT2D eigenvalue weighted by Gasteiger charge is 2.12. The molecule has 0 aliphatic rings. The van der Waals surface area contributed by atoms with Gasteiger partial charge in [0, 0.05) is 19.0 Å². The number of para-hydroxylation sites is 1. The minimum absolute atomic E-state index is 0.0588. The number of amides is 1. The van der Waals surface area contributed by atoms with Gasteiger partial charge in [0.2, 0.25) is 0 Å². The Bertz CT molecular complexity index is 961. The van der Waals surface area contributed by atoms with Crippen molar-refractivity contribution in [1.29, 1.82) is 0 Å². The summed E-state index contributed by atoms with van der Waals surface area (Å²) in [5.74, 6) is 0.259. The van der Waals surface area contributed by atoms with Gasteiger partial charge in [-0.25, -0.2) is 0 Å². The summed E-state index contributed by atoms with van der Waals surface area (Å²) >= 11 is 0. The first-order valence-corrected chi connectivity index (χ1v) is 8.20. The number of carbonyl (C=O) groups excluding carboxylic acids is 1. The lowest BCUT2D eigenvalue weighted by molar-refractivity contribution is 0.0998. The zero-order chi connectivity index (χ0) is 18.5. The number of hydrogen-bond donors (Lipinski definition) is 4. The molecule has 0 bridgehead atoms. The Morgan fingerprint density at radius 1 is 1.19 bits per heavy atom. The fourth-order valence-electron chi connectivity index (χ4n) is 2.64. The summed E-state index contributed by atoms with van der Waals surface area (Å²) < 4.78 is 5.97. The number of fused-ring (bicyclic) bond motifs is 1. The first kappa shape index (κ1) is 17.5. The van der Waals surface area contributed by atoms with E-state index in [0.717, 1.165) is 22.0 Å². The fourth-order valence-corrected chi connectivity index (χ4v) is 2.64. The van der Waals surface area contributed by atoms with E-state index in [2.05, 4.69) is 15.3 Å². The largest absolute Gasteiger partial charge is 0.487 e. The number of hydrogen-bond acceptors (Lipinski definition) is 3. The Balaban J connectivity index is 1.86. The number of carbonyl (C=O) groups is 1. The second-order valence-electron chi connectivity index (χ2n) is 5.72. The zero-order valence-corrected chi connectivity index (χ0v) is 14.5. The molecule has 1 aromatic heterocycles. The topological polar surface area (TPSA) is 119 Å². The predicted molar refractivity (Wildman–Crippen MR) is 102 cm³/mol. The Morgan fingerprint density at radius 3 is 2.69 bits per heavy atom. The van der Waals surface area contributed by atoms with Crippen LogP contribution < -0.4 is 21.5 Å². The van der Waals surface area contributed by atoms with E-state index in [4.69, 9.17) is 16.2 Å². The third-order valence-electron chi connectivity index (χ3n) is 4.05. The Labute approximate surface area is 151 Å². The Hall–Kier alpha value is -3.32. The highest BCUT2D eigenvalue weighted by atomic mass is 16.5. The molecule has 26 heavy (non-hydrogen) atoms. The molecule has 0 aliphatic carbocycles. The average molecular weight is 351 g/mol. The summed E-state index contributed by atoms with van der Waals surface area (Å²) in [6, 6.07) is 15.2. The van der Waals surface area contributed by atoms with Crippen LogP contribution in [0.4, 0.5) is 0 Å². The van der Waals surface area contributed by atoms with E-state index in [9.17, 15) is 4.79 Å². The number of benzene rings is 2. The van der Waals surface area contributed by atoms with Crippen LogP contribution in [0.25, 0.3) is 10.9 Å². The first-order chi connectivity index (χ1) is 12.6. The van der Waals surface area contributed by atoms with Gasteiger partial charge < -0.3 is 26.5 Å². The lowest BCUT2D eigenvalue weighted by Gasteiger charge is -2.10. The van der Waals surface area contributed by atoms with E-state index >= 15 is 0 Å². The minimum Gasteiger partial charge on any atom is -0.487 e. The number of nitrogens with two attached hydrogens (primary N) is 2. The normalized spacial score (nSPS) is 11.5. The van der Waals surface area contributed by atoms with Gasteiger partial charge in [-0.15, -0.1) is 0 Å². The molecule has 0 aliphatic heterocycles. The molecule has 6 N–H and O–H groups in total. The van der Waals surface area contributed by atoms with Crippen LogP contribution in [0.2, 0.25) is 0 Å². The summed E-state index contributed by atoms with van der Waals surface area (Å²) in [5.41, 5.74) is 14.5. The number of nitrogens with zero attached hydrogens (tertiary/aromatic N) is 1. The summed E-state index contributed by atoms with van der Waals surface area (Å²) in [4.78, 5) is 19.0. The van der Waals surface area contributed by atoms with E-state index in [1.54, 1.807) is 13.1 Å². The average Bonchev–Trinajstić information content (AvgIpc) is 3.11. The van der Waals surface area contributed by atoms with Gasteiger partial charge in [-0.3, -0.25) is 4.79 Å². The van der Waals surface area contributed by atoms with Gasteiger partial charge in [0.25, 0.3) is 5.91 Å². The summed E-state index contributed by atoms with van der Waals surface area (Å²) in [6.07, 6.45) is 0. The van der Waals surface area contributed by atoms with Crippen LogP contribution in [0, 0.1) is 0 Å².